The lowest BCUT2D eigenvalue weighted by Gasteiger charge is -2.17. The first-order chi connectivity index (χ1) is 7.74. The highest BCUT2D eigenvalue weighted by Crippen LogP contribution is 2.47. The third-order valence-electron chi connectivity index (χ3n) is 2.95. The summed E-state index contributed by atoms with van der Waals surface area (Å²) >= 11 is 0. The van der Waals surface area contributed by atoms with E-state index >= 15 is 0 Å². The van der Waals surface area contributed by atoms with Crippen LogP contribution in [0.3, 0.4) is 0 Å². The predicted octanol–water partition coefficient (Wildman–Crippen LogP) is 2.05. The van der Waals surface area contributed by atoms with Crippen LogP contribution in [0, 0.1) is 6.92 Å². The molecule has 0 bridgehead atoms. The Labute approximate surface area is 95.1 Å². The van der Waals surface area contributed by atoms with Crippen LogP contribution in [-0.4, -0.2) is 21.3 Å². The van der Waals surface area contributed by atoms with Crippen molar-refractivity contribution in [3.05, 3.63) is 16.7 Å². The molecule has 0 amide bonds. The van der Waals surface area contributed by atoms with Crippen molar-refractivity contribution in [1.29, 1.82) is 0 Å². The molecule has 1 aliphatic heterocycles. The van der Waals surface area contributed by atoms with Crippen LogP contribution in [0.5, 0.6) is 17.2 Å². The molecule has 0 atom stereocenters. The predicted molar refractivity (Wildman–Crippen MR) is 59.3 cm³/mol. The summed E-state index contributed by atoms with van der Waals surface area (Å²) in [7, 11) is 4.87. The van der Waals surface area contributed by atoms with Crippen molar-refractivity contribution in [3.8, 4) is 17.2 Å². The summed E-state index contributed by atoms with van der Waals surface area (Å²) in [4.78, 5) is 0. The quantitative estimate of drug-likeness (QED) is 0.787. The summed E-state index contributed by atoms with van der Waals surface area (Å²) < 4.78 is 21.6. The van der Waals surface area contributed by atoms with Crippen molar-refractivity contribution in [2.45, 2.75) is 20.1 Å². The lowest BCUT2D eigenvalue weighted by Crippen LogP contribution is -2.02. The second kappa shape index (κ2) is 4.22. The summed E-state index contributed by atoms with van der Waals surface area (Å²) in [5.74, 6) is 2.09. The fourth-order valence-corrected chi connectivity index (χ4v) is 2.16. The summed E-state index contributed by atoms with van der Waals surface area (Å²) in [6.45, 7) is 3.19. The van der Waals surface area contributed by atoms with Crippen LogP contribution in [0.15, 0.2) is 0 Å². The molecule has 4 heteroatoms. The molecule has 1 aromatic rings. The number of benzene rings is 1. The molecule has 0 aromatic heterocycles. The third-order valence-corrected chi connectivity index (χ3v) is 2.95. The van der Waals surface area contributed by atoms with Crippen LogP contribution >= 0.6 is 0 Å². The van der Waals surface area contributed by atoms with Gasteiger partial charge in [0, 0.05) is 11.1 Å². The van der Waals surface area contributed by atoms with E-state index in [1.807, 2.05) is 6.92 Å². The van der Waals surface area contributed by atoms with E-state index in [4.69, 9.17) is 18.9 Å². The molecule has 0 saturated heterocycles. The molecule has 1 heterocycles. The van der Waals surface area contributed by atoms with E-state index in [2.05, 4.69) is 0 Å². The van der Waals surface area contributed by atoms with E-state index in [1.54, 1.807) is 21.3 Å². The Morgan fingerprint density at radius 3 is 1.94 bits per heavy atom. The van der Waals surface area contributed by atoms with Crippen molar-refractivity contribution in [2.24, 2.45) is 0 Å². The summed E-state index contributed by atoms with van der Waals surface area (Å²) in [6.07, 6.45) is 0. The Hall–Kier alpha value is -1.42. The van der Waals surface area contributed by atoms with Crippen LogP contribution < -0.4 is 14.2 Å². The molecule has 0 fully saturated rings. The molecule has 1 aromatic carbocycles. The second-order valence-corrected chi connectivity index (χ2v) is 3.67. The molecule has 16 heavy (non-hydrogen) atoms. The number of hydrogen-bond donors (Lipinski definition) is 0. The largest absolute Gasteiger partial charge is 0.492 e. The molecule has 0 N–H and O–H groups in total. The van der Waals surface area contributed by atoms with Crippen LogP contribution in [-0.2, 0) is 18.0 Å². The molecule has 0 radical (unpaired) electrons. The van der Waals surface area contributed by atoms with Gasteiger partial charge < -0.3 is 18.9 Å². The maximum atomic E-state index is 5.45. The maximum Gasteiger partial charge on any atom is 0.203 e. The highest BCUT2D eigenvalue weighted by Gasteiger charge is 2.27. The van der Waals surface area contributed by atoms with Crippen LogP contribution in [0.4, 0.5) is 0 Å². The Morgan fingerprint density at radius 2 is 1.38 bits per heavy atom. The van der Waals surface area contributed by atoms with Crippen LogP contribution in [0.25, 0.3) is 0 Å². The first-order valence-electron chi connectivity index (χ1n) is 5.12. The zero-order chi connectivity index (χ0) is 11.7. The van der Waals surface area contributed by atoms with Crippen molar-refractivity contribution in [3.63, 3.8) is 0 Å². The van der Waals surface area contributed by atoms with Gasteiger partial charge in [0.05, 0.1) is 34.5 Å². The molecule has 2 rings (SSSR count). The SMILES string of the molecule is COc1c(C)c2c(c(OC)c1OC)COC2. The van der Waals surface area contributed by atoms with E-state index in [0.29, 0.717) is 19.0 Å². The summed E-state index contributed by atoms with van der Waals surface area (Å²) in [5.41, 5.74) is 3.28. The molecule has 0 aliphatic carbocycles. The first-order valence-corrected chi connectivity index (χ1v) is 5.12. The zero-order valence-corrected chi connectivity index (χ0v) is 10.0. The lowest BCUT2D eigenvalue weighted by atomic mass is 10.0. The number of fused-ring (bicyclic) bond motifs is 1. The van der Waals surface area contributed by atoms with Crippen LogP contribution in [0.1, 0.15) is 16.7 Å². The number of rotatable bonds is 3. The number of ether oxygens (including phenoxy) is 4. The van der Waals surface area contributed by atoms with Crippen molar-refractivity contribution >= 4 is 0 Å². The van der Waals surface area contributed by atoms with E-state index in [0.717, 1.165) is 28.2 Å². The lowest BCUT2D eigenvalue weighted by molar-refractivity contribution is 0.133. The average Bonchev–Trinajstić information content (AvgIpc) is 2.77. The number of methoxy groups -OCH3 is 3. The van der Waals surface area contributed by atoms with Gasteiger partial charge in [0.25, 0.3) is 0 Å². The monoisotopic (exact) mass is 224 g/mol. The van der Waals surface area contributed by atoms with Gasteiger partial charge in [-0.2, -0.15) is 0 Å². The van der Waals surface area contributed by atoms with Crippen molar-refractivity contribution < 1.29 is 18.9 Å². The molecule has 88 valence electrons. The minimum absolute atomic E-state index is 0.569. The highest BCUT2D eigenvalue weighted by molar-refractivity contribution is 5.63. The normalized spacial score (nSPS) is 13.5. The smallest absolute Gasteiger partial charge is 0.203 e. The highest BCUT2D eigenvalue weighted by atomic mass is 16.5. The zero-order valence-electron chi connectivity index (χ0n) is 10.0. The van der Waals surface area contributed by atoms with Crippen molar-refractivity contribution in [2.75, 3.05) is 21.3 Å². The molecule has 0 spiro atoms. The summed E-state index contributed by atoms with van der Waals surface area (Å²) in [5, 5.41) is 0. The Kier molecular flexibility index (Phi) is 2.92. The van der Waals surface area contributed by atoms with Gasteiger partial charge in [-0.15, -0.1) is 0 Å². The molecule has 1 aliphatic rings. The molecule has 0 unspecified atom stereocenters. The second-order valence-electron chi connectivity index (χ2n) is 3.67. The fourth-order valence-electron chi connectivity index (χ4n) is 2.16. The van der Waals surface area contributed by atoms with Gasteiger partial charge in [0.2, 0.25) is 5.75 Å². The van der Waals surface area contributed by atoms with Gasteiger partial charge in [-0.25, -0.2) is 0 Å². The third kappa shape index (κ3) is 1.41. The van der Waals surface area contributed by atoms with Crippen LogP contribution in [0.2, 0.25) is 0 Å². The minimum atomic E-state index is 0.569. The Balaban J connectivity index is 2.72. The number of hydrogen-bond acceptors (Lipinski definition) is 4. The maximum absolute atomic E-state index is 5.45. The molecule has 0 saturated carbocycles. The molecule has 4 nitrogen and oxygen atoms in total. The van der Waals surface area contributed by atoms with Gasteiger partial charge in [0.15, 0.2) is 11.5 Å². The van der Waals surface area contributed by atoms with E-state index in [1.165, 1.54) is 0 Å². The van der Waals surface area contributed by atoms with Gasteiger partial charge in [-0.1, -0.05) is 0 Å². The van der Waals surface area contributed by atoms with E-state index in [9.17, 15) is 0 Å². The minimum Gasteiger partial charge on any atom is -0.492 e. The van der Waals surface area contributed by atoms with Gasteiger partial charge in [-0.05, 0) is 12.5 Å². The van der Waals surface area contributed by atoms with Gasteiger partial charge >= 0.3 is 0 Å². The van der Waals surface area contributed by atoms with Gasteiger partial charge in [-0.3, -0.25) is 0 Å². The average molecular weight is 224 g/mol. The Morgan fingerprint density at radius 1 is 0.812 bits per heavy atom. The topological polar surface area (TPSA) is 36.9 Å². The first kappa shape index (κ1) is 11.1. The van der Waals surface area contributed by atoms with E-state index in [-0.39, 0.29) is 0 Å². The summed E-state index contributed by atoms with van der Waals surface area (Å²) in [6, 6.07) is 0. The molecular weight excluding hydrogens is 208 g/mol. The Bertz CT molecular complexity index is 407. The molecular formula is C12H16O4. The van der Waals surface area contributed by atoms with Crippen molar-refractivity contribution in [1.82, 2.24) is 0 Å². The fraction of sp³-hybridized carbons (Fsp3) is 0.500. The standard InChI is InChI=1S/C12H16O4/c1-7-8-5-16-6-9(8)11(14-3)12(15-4)10(7)13-2/h5-6H2,1-4H3. The van der Waals surface area contributed by atoms with E-state index < -0.39 is 0 Å². The van der Waals surface area contributed by atoms with Gasteiger partial charge in [0.1, 0.15) is 0 Å².